The second kappa shape index (κ2) is 8.65. The molecule has 10 nitrogen and oxygen atoms in total. The molecule has 1 aromatic carbocycles. The summed E-state index contributed by atoms with van der Waals surface area (Å²) in [5.74, 6) is 1.01. The molecule has 0 radical (unpaired) electrons. The number of pyridine rings is 1. The number of rotatable bonds is 5. The number of fused-ring (bicyclic) bond motifs is 1. The standard InChI is InChI=1S/C19H16Cl3N9O/c20-9-2-3-10(21)15-13(9)18(32)31(8-1-4-11(23)27-7-8)12(28-15)5-6-26-17-14(22)16(24)29-19(25)30-17/h1-4,7H,5-6H2,(H2,23,27)(H5,24,25,26,29,30). The number of hydrogen-bond acceptors (Lipinski definition) is 9. The van der Waals surface area contributed by atoms with Gasteiger partial charge >= 0.3 is 0 Å². The van der Waals surface area contributed by atoms with Crippen molar-refractivity contribution in [1.82, 2.24) is 24.5 Å². The highest BCUT2D eigenvalue weighted by Crippen LogP contribution is 2.28. The summed E-state index contributed by atoms with van der Waals surface area (Å²) in [5.41, 5.74) is 17.4. The molecule has 3 aromatic heterocycles. The van der Waals surface area contributed by atoms with E-state index in [1.165, 1.54) is 10.8 Å². The summed E-state index contributed by atoms with van der Waals surface area (Å²) in [6, 6.07) is 6.38. The van der Waals surface area contributed by atoms with E-state index in [0.717, 1.165) is 0 Å². The van der Waals surface area contributed by atoms with Crippen molar-refractivity contribution in [1.29, 1.82) is 0 Å². The van der Waals surface area contributed by atoms with Crippen LogP contribution in [0.1, 0.15) is 5.82 Å². The number of anilines is 4. The van der Waals surface area contributed by atoms with Gasteiger partial charge in [0.2, 0.25) is 5.95 Å². The zero-order valence-corrected chi connectivity index (χ0v) is 18.6. The molecule has 4 rings (SSSR count). The molecule has 0 spiro atoms. The van der Waals surface area contributed by atoms with Crippen LogP contribution in [-0.4, -0.2) is 31.0 Å². The smallest absolute Gasteiger partial charge is 0.267 e. The molecule has 7 N–H and O–H groups in total. The number of nitrogens with zero attached hydrogens (tertiary/aromatic N) is 5. The molecule has 3 heterocycles. The van der Waals surface area contributed by atoms with Gasteiger partial charge in [0.1, 0.15) is 22.5 Å². The fraction of sp³-hybridized carbons (Fsp3) is 0.105. The van der Waals surface area contributed by atoms with Crippen LogP contribution in [0.2, 0.25) is 15.1 Å². The first-order valence-corrected chi connectivity index (χ1v) is 10.3. The van der Waals surface area contributed by atoms with E-state index in [4.69, 9.17) is 52.0 Å². The summed E-state index contributed by atoms with van der Waals surface area (Å²) in [5, 5.41) is 3.91. The van der Waals surface area contributed by atoms with Gasteiger partial charge in [0.15, 0.2) is 5.82 Å². The molecule has 0 saturated carbocycles. The van der Waals surface area contributed by atoms with Crippen molar-refractivity contribution in [3.8, 4) is 5.69 Å². The lowest BCUT2D eigenvalue weighted by atomic mass is 10.2. The van der Waals surface area contributed by atoms with Crippen molar-refractivity contribution in [3.63, 3.8) is 0 Å². The summed E-state index contributed by atoms with van der Waals surface area (Å²) < 4.78 is 1.41. The second-order valence-electron chi connectivity index (χ2n) is 6.67. The molecule has 0 bridgehead atoms. The van der Waals surface area contributed by atoms with Crippen LogP contribution in [0.5, 0.6) is 0 Å². The molecule has 0 atom stereocenters. The SMILES string of the molecule is Nc1ccc(-n2c(CCNc3nc(N)nc(N)c3Cl)nc3c(Cl)ccc(Cl)c3c2=O)cn1. The van der Waals surface area contributed by atoms with Gasteiger partial charge in [-0.05, 0) is 24.3 Å². The molecule has 4 aromatic rings. The molecule has 0 aliphatic rings. The summed E-state index contributed by atoms with van der Waals surface area (Å²) >= 11 is 18.7. The maximum atomic E-state index is 13.4. The Hall–Kier alpha value is -3.34. The van der Waals surface area contributed by atoms with Gasteiger partial charge in [0, 0.05) is 13.0 Å². The first-order chi connectivity index (χ1) is 15.3. The van der Waals surface area contributed by atoms with Crippen LogP contribution >= 0.6 is 34.8 Å². The first-order valence-electron chi connectivity index (χ1n) is 9.20. The third kappa shape index (κ3) is 4.07. The topological polar surface area (TPSA) is 164 Å². The van der Waals surface area contributed by atoms with Crippen molar-refractivity contribution < 1.29 is 0 Å². The number of aromatic nitrogens is 5. The fourth-order valence-corrected chi connectivity index (χ4v) is 3.70. The molecule has 0 unspecified atom stereocenters. The Morgan fingerprint density at radius 1 is 0.969 bits per heavy atom. The molecular formula is C19H16Cl3N9O. The maximum absolute atomic E-state index is 13.4. The van der Waals surface area contributed by atoms with Crippen LogP contribution in [0.25, 0.3) is 16.6 Å². The van der Waals surface area contributed by atoms with Gasteiger partial charge in [0.05, 0.1) is 32.8 Å². The number of hydrogen-bond donors (Lipinski definition) is 4. The molecule has 0 aliphatic carbocycles. The zero-order valence-electron chi connectivity index (χ0n) is 16.3. The summed E-state index contributed by atoms with van der Waals surface area (Å²) in [4.78, 5) is 29.9. The average molecular weight is 493 g/mol. The molecule has 0 fully saturated rings. The Bertz CT molecular complexity index is 1390. The van der Waals surface area contributed by atoms with Crippen LogP contribution in [0.15, 0.2) is 35.3 Å². The van der Waals surface area contributed by atoms with Gasteiger partial charge in [-0.15, -0.1) is 0 Å². The van der Waals surface area contributed by atoms with E-state index in [0.29, 0.717) is 27.9 Å². The predicted molar refractivity (Wildman–Crippen MR) is 128 cm³/mol. The minimum atomic E-state index is -0.391. The first kappa shape index (κ1) is 21.9. The van der Waals surface area contributed by atoms with E-state index in [9.17, 15) is 4.79 Å². The van der Waals surface area contributed by atoms with Gasteiger partial charge in [-0.3, -0.25) is 9.36 Å². The minimum Gasteiger partial charge on any atom is -0.384 e. The quantitative estimate of drug-likeness (QED) is 0.328. The van der Waals surface area contributed by atoms with E-state index in [1.54, 1.807) is 24.3 Å². The molecule has 164 valence electrons. The lowest BCUT2D eigenvalue weighted by Crippen LogP contribution is -2.26. The van der Waals surface area contributed by atoms with Crippen LogP contribution in [0, 0.1) is 0 Å². The number of nitrogens with one attached hydrogen (secondary N) is 1. The molecule has 13 heteroatoms. The Labute approximate surface area is 196 Å². The average Bonchev–Trinajstić information content (AvgIpc) is 2.75. The molecular weight excluding hydrogens is 477 g/mol. The summed E-state index contributed by atoms with van der Waals surface area (Å²) in [7, 11) is 0. The molecule has 0 aliphatic heterocycles. The third-order valence-electron chi connectivity index (χ3n) is 4.56. The van der Waals surface area contributed by atoms with Gasteiger partial charge in [0.25, 0.3) is 5.56 Å². The normalized spacial score (nSPS) is 11.1. The Morgan fingerprint density at radius 2 is 1.72 bits per heavy atom. The zero-order chi connectivity index (χ0) is 23.0. The lowest BCUT2D eigenvalue weighted by Gasteiger charge is -2.15. The Balaban J connectivity index is 1.79. The van der Waals surface area contributed by atoms with Crippen molar-refractivity contribution in [2.75, 3.05) is 29.1 Å². The van der Waals surface area contributed by atoms with Crippen molar-refractivity contribution in [2.24, 2.45) is 0 Å². The van der Waals surface area contributed by atoms with Crippen LogP contribution in [0.3, 0.4) is 0 Å². The Kier molecular flexibility index (Phi) is 5.92. The van der Waals surface area contributed by atoms with E-state index in [2.05, 4.69) is 25.3 Å². The number of halogens is 3. The number of nitrogens with two attached hydrogens (primary N) is 3. The van der Waals surface area contributed by atoms with Crippen LogP contribution < -0.4 is 28.1 Å². The maximum Gasteiger partial charge on any atom is 0.267 e. The monoisotopic (exact) mass is 491 g/mol. The van der Waals surface area contributed by atoms with Gasteiger partial charge in [-0.25, -0.2) is 9.97 Å². The van der Waals surface area contributed by atoms with E-state index in [-0.39, 0.29) is 46.0 Å². The van der Waals surface area contributed by atoms with Crippen LogP contribution in [0.4, 0.5) is 23.4 Å². The summed E-state index contributed by atoms with van der Waals surface area (Å²) in [6.07, 6.45) is 1.75. The predicted octanol–water partition coefficient (Wildman–Crippen LogP) is 2.93. The Morgan fingerprint density at radius 3 is 2.44 bits per heavy atom. The van der Waals surface area contributed by atoms with Gasteiger partial charge in [-0.1, -0.05) is 34.8 Å². The van der Waals surface area contributed by atoms with Crippen molar-refractivity contribution in [3.05, 3.63) is 61.7 Å². The summed E-state index contributed by atoms with van der Waals surface area (Å²) in [6.45, 7) is 0.286. The number of benzene rings is 1. The largest absolute Gasteiger partial charge is 0.384 e. The van der Waals surface area contributed by atoms with Crippen LogP contribution in [-0.2, 0) is 6.42 Å². The molecule has 32 heavy (non-hydrogen) atoms. The lowest BCUT2D eigenvalue weighted by molar-refractivity contribution is 0.807. The van der Waals surface area contributed by atoms with Gasteiger partial charge in [-0.2, -0.15) is 9.97 Å². The van der Waals surface area contributed by atoms with E-state index < -0.39 is 5.56 Å². The van der Waals surface area contributed by atoms with Crippen molar-refractivity contribution in [2.45, 2.75) is 6.42 Å². The highest BCUT2D eigenvalue weighted by molar-refractivity contribution is 6.39. The third-order valence-corrected chi connectivity index (χ3v) is 5.55. The minimum absolute atomic E-state index is 0.0236. The van der Waals surface area contributed by atoms with E-state index >= 15 is 0 Å². The molecule has 0 saturated heterocycles. The second-order valence-corrected chi connectivity index (χ2v) is 7.86. The van der Waals surface area contributed by atoms with E-state index in [1.807, 2.05) is 0 Å². The van der Waals surface area contributed by atoms with Crippen molar-refractivity contribution >= 4 is 69.1 Å². The highest BCUT2D eigenvalue weighted by Gasteiger charge is 2.18. The highest BCUT2D eigenvalue weighted by atomic mass is 35.5. The number of nitrogen functional groups attached to an aromatic ring is 3. The molecule has 0 amide bonds. The van der Waals surface area contributed by atoms with Gasteiger partial charge < -0.3 is 22.5 Å². The fourth-order valence-electron chi connectivity index (χ4n) is 3.12.